The second kappa shape index (κ2) is 5.62. The Balaban J connectivity index is 2.13. The molecule has 1 heteroatoms. The number of hydrogen-bond acceptors (Lipinski definition) is 1. The van der Waals surface area contributed by atoms with Crippen LogP contribution in [0.5, 0.6) is 0 Å². The monoisotopic (exact) mass is 223 g/mol. The van der Waals surface area contributed by atoms with Gasteiger partial charge in [0.05, 0.1) is 11.4 Å². The van der Waals surface area contributed by atoms with Gasteiger partial charge in [-0.25, -0.2) is 0 Å². The Hall–Kier alpha value is -1.63. The van der Waals surface area contributed by atoms with E-state index in [0.29, 0.717) is 5.92 Å². The normalized spacial score (nSPS) is 18.6. The summed E-state index contributed by atoms with van der Waals surface area (Å²) in [5.41, 5.74) is 3.33. The summed E-state index contributed by atoms with van der Waals surface area (Å²) in [5.74, 6) is 0.620. The van der Waals surface area contributed by atoms with E-state index in [9.17, 15) is 0 Å². The predicted molar refractivity (Wildman–Crippen MR) is 72.5 cm³/mol. The molecule has 1 aromatic rings. The molecule has 0 heterocycles. The number of nitrogens with zero attached hydrogens (tertiary/aromatic N) is 1. The fourth-order valence-corrected chi connectivity index (χ4v) is 1.74. The molecule has 1 aliphatic rings. The molecule has 0 N–H and O–H groups in total. The van der Waals surface area contributed by atoms with E-state index in [1.807, 2.05) is 12.2 Å². The third-order valence-corrected chi connectivity index (χ3v) is 3.06. The van der Waals surface area contributed by atoms with Gasteiger partial charge in [0.1, 0.15) is 0 Å². The Kier molecular flexibility index (Phi) is 3.92. The fraction of sp³-hybridized carbons (Fsp3) is 0.312. The van der Waals surface area contributed by atoms with Gasteiger partial charge in [-0.05, 0) is 36.1 Å². The summed E-state index contributed by atoms with van der Waals surface area (Å²) in [6, 6.07) is 8.49. The fourth-order valence-electron chi connectivity index (χ4n) is 1.74. The van der Waals surface area contributed by atoms with E-state index in [0.717, 1.165) is 17.8 Å². The summed E-state index contributed by atoms with van der Waals surface area (Å²) in [5, 5.41) is 0. The maximum atomic E-state index is 4.54. The molecule has 2 rings (SSSR count). The number of allylic oxidation sites excluding steroid dienone is 4. The van der Waals surface area contributed by atoms with E-state index in [1.165, 1.54) is 12.0 Å². The SMILES string of the molecule is CCC(C)c1ccc(N=C2[C]=CC=[C]C2)cc1. The zero-order valence-electron chi connectivity index (χ0n) is 10.4. The second-order valence-corrected chi connectivity index (χ2v) is 4.32. The molecular formula is C16H17N. The minimum absolute atomic E-state index is 0.620. The lowest BCUT2D eigenvalue weighted by molar-refractivity contribution is 0.734. The third-order valence-electron chi connectivity index (χ3n) is 3.06. The van der Waals surface area contributed by atoms with E-state index >= 15 is 0 Å². The Labute approximate surface area is 104 Å². The highest BCUT2D eigenvalue weighted by molar-refractivity contribution is 5.94. The van der Waals surface area contributed by atoms with Crippen molar-refractivity contribution in [1.29, 1.82) is 0 Å². The van der Waals surface area contributed by atoms with Crippen molar-refractivity contribution in [3.8, 4) is 0 Å². The van der Waals surface area contributed by atoms with E-state index in [2.05, 4.69) is 55.3 Å². The largest absolute Gasteiger partial charge is 0.252 e. The lowest BCUT2D eigenvalue weighted by Crippen LogP contribution is -1.95. The number of hydrogen-bond donors (Lipinski definition) is 0. The molecule has 0 aromatic heterocycles. The van der Waals surface area contributed by atoms with Gasteiger partial charge in [-0.3, -0.25) is 4.99 Å². The first-order valence-electron chi connectivity index (χ1n) is 6.12. The van der Waals surface area contributed by atoms with E-state index in [4.69, 9.17) is 0 Å². The molecule has 0 saturated carbocycles. The summed E-state index contributed by atoms with van der Waals surface area (Å²) in [4.78, 5) is 4.54. The van der Waals surface area contributed by atoms with Crippen molar-refractivity contribution in [1.82, 2.24) is 0 Å². The molecule has 0 spiro atoms. The quantitative estimate of drug-likeness (QED) is 0.720. The average Bonchev–Trinajstić information content (AvgIpc) is 2.40. The van der Waals surface area contributed by atoms with Crippen molar-refractivity contribution >= 4 is 11.4 Å². The summed E-state index contributed by atoms with van der Waals surface area (Å²) < 4.78 is 0. The molecule has 1 aromatic carbocycles. The topological polar surface area (TPSA) is 12.4 Å². The van der Waals surface area contributed by atoms with Gasteiger partial charge in [-0.2, -0.15) is 0 Å². The Morgan fingerprint density at radius 1 is 1.24 bits per heavy atom. The van der Waals surface area contributed by atoms with Crippen LogP contribution in [0.1, 0.15) is 38.2 Å². The zero-order valence-corrected chi connectivity index (χ0v) is 10.4. The van der Waals surface area contributed by atoms with Gasteiger partial charge in [0.25, 0.3) is 0 Å². The van der Waals surface area contributed by atoms with Crippen LogP contribution in [-0.4, -0.2) is 5.71 Å². The van der Waals surface area contributed by atoms with Crippen LogP contribution in [0.4, 0.5) is 5.69 Å². The lowest BCUT2D eigenvalue weighted by atomic mass is 9.99. The van der Waals surface area contributed by atoms with Crippen molar-refractivity contribution in [3.05, 3.63) is 54.1 Å². The molecule has 0 amide bonds. The minimum atomic E-state index is 0.620. The maximum Gasteiger partial charge on any atom is 0.0633 e. The van der Waals surface area contributed by atoms with Crippen LogP contribution in [0, 0.1) is 12.2 Å². The Morgan fingerprint density at radius 2 is 2.00 bits per heavy atom. The highest BCUT2D eigenvalue weighted by atomic mass is 14.7. The maximum absolute atomic E-state index is 4.54. The first-order chi connectivity index (χ1) is 8.29. The van der Waals surface area contributed by atoms with Gasteiger partial charge >= 0.3 is 0 Å². The molecule has 1 nitrogen and oxygen atoms in total. The van der Waals surface area contributed by atoms with Gasteiger partial charge in [0.15, 0.2) is 0 Å². The number of benzene rings is 1. The summed E-state index contributed by atoms with van der Waals surface area (Å²) in [6.07, 6.45) is 11.9. The number of rotatable bonds is 3. The van der Waals surface area contributed by atoms with E-state index < -0.39 is 0 Å². The molecule has 1 unspecified atom stereocenters. The number of aliphatic imine (C=N–C) groups is 1. The lowest BCUT2D eigenvalue weighted by Gasteiger charge is -2.08. The molecule has 1 aliphatic carbocycles. The Morgan fingerprint density at radius 3 is 2.59 bits per heavy atom. The van der Waals surface area contributed by atoms with Gasteiger partial charge in [0, 0.05) is 12.5 Å². The van der Waals surface area contributed by atoms with Crippen molar-refractivity contribution in [2.45, 2.75) is 32.6 Å². The van der Waals surface area contributed by atoms with Crippen LogP contribution in [0.25, 0.3) is 0 Å². The van der Waals surface area contributed by atoms with Crippen molar-refractivity contribution in [2.24, 2.45) is 4.99 Å². The standard InChI is InChI=1S/C16H17N/c1-3-13(2)14-9-11-16(12-10-14)17-15-7-5-4-6-8-15/h4-5,9-13H,3,8H2,1-2H3. The molecular weight excluding hydrogens is 206 g/mol. The van der Waals surface area contributed by atoms with Crippen molar-refractivity contribution in [2.75, 3.05) is 0 Å². The predicted octanol–water partition coefficient (Wildman–Crippen LogP) is 4.40. The Bertz CT molecular complexity index is 449. The molecule has 86 valence electrons. The zero-order chi connectivity index (χ0) is 12.1. The van der Waals surface area contributed by atoms with Crippen molar-refractivity contribution in [3.63, 3.8) is 0 Å². The second-order valence-electron chi connectivity index (χ2n) is 4.32. The molecule has 0 saturated heterocycles. The summed E-state index contributed by atoms with van der Waals surface area (Å²) in [7, 11) is 0. The first kappa shape index (κ1) is 11.8. The summed E-state index contributed by atoms with van der Waals surface area (Å²) in [6.45, 7) is 4.46. The van der Waals surface area contributed by atoms with Crippen LogP contribution in [-0.2, 0) is 0 Å². The molecule has 2 radical (unpaired) electrons. The van der Waals surface area contributed by atoms with Gasteiger partial charge in [0.2, 0.25) is 0 Å². The average molecular weight is 223 g/mol. The highest BCUT2D eigenvalue weighted by Crippen LogP contribution is 2.22. The first-order valence-corrected chi connectivity index (χ1v) is 6.12. The van der Waals surface area contributed by atoms with E-state index in [1.54, 1.807) is 0 Å². The van der Waals surface area contributed by atoms with Crippen LogP contribution < -0.4 is 0 Å². The van der Waals surface area contributed by atoms with Crippen LogP contribution >= 0.6 is 0 Å². The third kappa shape index (κ3) is 3.16. The molecule has 0 bridgehead atoms. The van der Waals surface area contributed by atoms with Crippen molar-refractivity contribution < 1.29 is 0 Å². The molecule has 17 heavy (non-hydrogen) atoms. The molecule has 1 atom stereocenters. The van der Waals surface area contributed by atoms with E-state index in [-0.39, 0.29) is 0 Å². The highest BCUT2D eigenvalue weighted by Gasteiger charge is 2.02. The summed E-state index contributed by atoms with van der Waals surface area (Å²) >= 11 is 0. The minimum Gasteiger partial charge on any atom is -0.252 e. The van der Waals surface area contributed by atoms with Crippen LogP contribution in [0.2, 0.25) is 0 Å². The molecule has 0 aliphatic heterocycles. The van der Waals surface area contributed by atoms with Gasteiger partial charge < -0.3 is 0 Å². The van der Waals surface area contributed by atoms with Gasteiger partial charge in [-0.1, -0.05) is 38.1 Å². The van der Waals surface area contributed by atoms with Gasteiger partial charge in [-0.15, -0.1) is 0 Å². The smallest absolute Gasteiger partial charge is 0.0633 e. The van der Waals surface area contributed by atoms with Crippen LogP contribution in [0.15, 0.2) is 41.4 Å². The van der Waals surface area contributed by atoms with Crippen LogP contribution in [0.3, 0.4) is 0 Å². The molecule has 0 fully saturated rings.